The summed E-state index contributed by atoms with van der Waals surface area (Å²) in [4.78, 5) is 25.8. The molecule has 0 heterocycles. The lowest BCUT2D eigenvalue weighted by Crippen LogP contribution is -2.23. The summed E-state index contributed by atoms with van der Waals surface area (Å²) in [6.45, 7) is 3.93. The number of phenolic OH excluding ortho intramolecular Hbond substituents is 1. The summed E-state index contributed by atoms with van der Waals surface area (Å²) < 4.78 is 10.7. The third kappa shape index (κ3) is 2.57. The molecule has 0 saturated heterocycles. The van der Waals surface area contributed by atoms with Gasteiger partial charge in [0, 0.05) is 18.2 Å². The fourth-order valence-electron chi connectivity index (χ4n) is 2.93. The first-order chi connectivity index (χ1) is 11.4. The van der Waals surface area contributed by atoms with Gasteiger partial charge in [-0.05, 0) is 37.6 Å². The van der Waals surface area contributed by atoms with Crippen LogP contribution in [0.3, 0.4) is 0 Å². The summed E-state index contributed by atoms with van der Waals surface area (Å²) in [6, 6.07) is 7.99. The molecule has 0 aromatic heterocycles. The number of carbonyl (C=O) groups excluding carboxylic acids is 2. The van der Waals surface area contributed by atoms with Gasteiger partial charge in [-0.25, -0.2) is 0 Å². The third-order valence-corrected chi connectivity index (χ3v) is 3.82. The first kappa shape index (κ1) is 16.2. The van der Waals surface area contributed by atoms with Gasteiger partial charge in [-0.2, -0.15) is 0 Å². The molecule has 0 unspecified atom stereocenters. The van der Waals surface area contributed by atoms with E-state index >= 15 is 0 Å². The van der Waals surface area contributed by atoms with Crippen LogP contribution in [0.15, 0.2) is 30.3 Å². The topological polar surface area (TPSA) is 72.8 Å². The molecule has 2 aromatic carbocycles. The molecule has 0 saturated carbocycles. The van der Waals surface area contributed by atoms with E-state index in [9.17, 15) is 14.7 Å². The number of phenols is 1. The predicted molar refractivity (Wildman–Crippen MR) is 87.9 cm³/mol. The standard InChI is InChI=1S/C19H18O5/c1-10(2)24-15-6-4-5-12-17(15)19(22)16-13(18(12)21)7-11(9-23-3)8-14(16)20/h4-8,10,20H,9H2,1-3H3. The Kier molecular flexibility index (Phi) is 4.11. The molecular formula is C19H18O5. The molecule has 5 nitrogen and oxygen atoms in total. The minimum atomic E-state index is -0.405. The third-order valence-electron chi connectivity index (χ3n) is 3.82. The van der Waals surface area contributed by atoms with E-state index in [-0.39, 0.29) is 40.9 Å². The van der Waals surface area contributed by atoms with Crippen LogP contribution in [0.5, 0.6) is 11.5 Å². The van der Waals surface area contributed by atoms with Gasteiger partial charge in [0.2, 0.25) is 5.78 Å². The summed E-state index contributed by atoms with van der Waals surface area (Å²) in [6.07, 6.45) is -0.140. The van der Waals surface area contributed by atoms with Crippen molar-refractivity contribution < 1.29 is 24.2 Å². The molecular weight excluding hydrogens is 308 g/mol. The van der Waals surface area contributed by atoms with Crippen LogP contribution in [-0.2, 0) is 11.3 Å². The van der Waals surface area contributed by atoms with Crippen LogP contribution in [0.1, 0.15) is 51.3 Å². The summed E-state index contributed by atoms with van der Waals surface area (Å²) in [7, 11) is 1.52. The Balaban J connectivity index is 2.20. The van der Waals surface area contributed by atoms with Crippen molar-refractivity contribution in [2.24, 2.45) is 0 Å². The van der Waals surface area contributed by atoms with E-state index in [4.69, 9.17) is 9.47 Å². The van der Waals surface area contributed by atoms with E-state index in [0.29, 0.717) is 16.9 Å². The zero-order valence-electron chi connectivity index (χ0n) is 13.8. The largest absolute Gasteiger partial charge is 0.507 e. The molecule has 1 aliphatic rings. The lowest BCUT2D eigenvalue weighted by molar-refractivity contribution is 0.0971. The Morgan fingerprint density at radius 1 is 1.04 bits per heavy atom. The van der Waals surface area contributed by atoms with Gasteiger partial charge in [-0.1, -0.05) is 12.1 Å². The second kappa shape index (κ2) is 6.09. The normalized spacial score (nSPS) is 13.0. The van der Waals surface area contributed by atoms with Crippen LogP contribution in [0.25, 0.3) is 0 Å². The van der Waals surface area contributed by atoms with E-state index in [1.807, 2.05) is 13.8 Å². The van der Waals surface area contributed by atoms with Crippen molar-refractivity contribution in [2.45, 2.75) is 26.6 Å². The van der Waals surface area contributed by atoms with Gasteiger partial charge in [0.05, 0.1) is 23.8 Å². The van der Waals surface area contributed by atoms with Crippen LogP contribution in [-0.4, -0.2) is 29.9 Å². The maximum absolute atomic E-state index is 12.9. The van der Waals surface area contributed by atoms with E-state index in [0.717, 1.165) is 0 Å². The molecule has 1 N–H and O–H groups in total. The first-order valence-electron chi connectivity index (χ1n) is 7.68. The zero-order chi connectivity index (χ0) is 17.4. The average molecular weight is 326 g/mol. The number of benzene rings is 2. The molecule has 5 heteroatoms. The maximum atomic E-state index is 12.9. The zero-order valence-corrected chi connectivity index (χ0v) is 13.8. The predicted octanol–water partition coefficient (Wildman–Crippen LogP) is 3.10. The number of hydrogen-bond acceptors (Lipinski definition) is 5. The first-order valence-corrected chi connectivity index (χ1v) is 7.68. The molecule has 0 atom stereocenters. The Morgan fingerprint density at radius 3 is 2.46 bits per heavy atom. The van der Waals surface area contributed by atoms with Crippen molar-refractivity contribution in [3.63, 3.8) is 0 Å². The summed E-state index contributed by atoms with van der Waals surface area (Å²) in [5.41, 5.74) is 1.35. The van der Waals surface area contributed by atoms with Gasteiger partial charge in [0.1, 0.15) is 11.5 Å². The second-order valence-corrected chi connectivity index (χ2v) is 5.97. The number of ether oxygens (including phenoxy) is 2. The quantitative estimate of drug-likeness (QED) is 0.797. The van der Waals surface area contributed by atoms with E-state index < -0.39 is 5.78 Å². The lowest BCUT2D eigenvalue weighted by Gasteiger charge is -2.22. The van der Waals surface area contributed by atoms with E-state index in [1.54, 1.807) is 24.3 Å². The Labute approximate surface area is 139 Å². The number of carbonyl (C=O) groups is 2. The molecule has 0 spiro atoms. The minimum Gasteiger partial charge on any atom is -0.507 e. The molecule has 3 rings (SSSR count). The number of hydrogen-bond donors (Lipinski definition) is 1. The molecule has 0 amide bonds. The Morgan fingerprint density at radius 2 is 1.79 bits per heavy atom. The van der Waals surface area contributed by atoms with Crippen LogP contribution < -0.4 is 4.74 Å². The maximum Gasteiger partial charge on any atom is 0.201 e. The number of rotatable bonds is 4. The van der Waals surface area contributed by atoms with Gasteiger partial charge in [0.25, 0.3) is 0 Å². The number of aromatic hydroxyl groups is 1. The fourth-order valence-corrected chi connectivity index (χ4v) is 2.93. The summed E-state index contributed by atoms with van der Waals surface area (Å²) in [5, 5.41) is 10.3. The lowest BCUT2D eigenvalue weighted by atomic mass is 9.82. The van der Waals surface area contributed by atoms with Crippen LogP contribution in [0, 0.1) is 0 Å². The van der Waals surface area contributed by atoms with Gasteiger partial charge in [-0.15, -0.1) is 0 Å². The molecule has 0 bridgehead atoms. The van der Waals surface area contributed by atoms with Crippen molar-refractivity contribution in [1.29, 1.82) is 0 Å². The Hall–Kier alpha value is -2.66. The Bertz CT molecular complexity index is 836. The number of fused-ring (bicyclic) bond motifs is 2. The van der Waals surface area contributed by atoms with Gasteiger partial charge < -0.3 is 14.6 Å². The molecule has 0 radical (unpaired) electrons. The van der Waals surface area contributed by atoms with Gasteiger partial charge in [0.15, 0.2) is 5.78 Å². The number of ketones is 2. The van der Waals surface area contributed by atoms with Crippen LogP contribution in [0.4, 0.5) is 0 Å². The smallest absolute Gasteiger partial charge is 0.201 e. The summed E-state index contributed by atoms with van der Waals surface area (Å²) >= 11 is 0. The molecule has 24 heavy (non-hydrogen) atoms. The van der Waals surface area contributed by atoms with Crippen molar-refractivity contribution in [2.75, 3.05) is 7.11 Å². The average Bonchev–Trinajstić information content (AvgIpc) is 2.51. The minimum absolute atomic E-state index is 0.0205. The highest BCUT2D eigenvalue weighted by Crippen LogP contribution is 2.37. The van der Waals surface area contributed by atoms with Crippen molar-refractivity contribution in [3.8, 4) is 11.5 Å². The van der Waals surface area contributed by atoms with Crippen molar-refractivity contribution in [1.82, 2.24) is 0 Å². The van der Waals surface area contributed by atoms with Crippen molar-refractivity contribution in [3.05, 3.63) is 58.1 Å². The second-order valence-electron chi connectivity index (χ2n) is 5.97. The SMILES string of the molecule is COCc1cc(O)c2c(c1)C(=O)c1cccc(OC(C)C)c1C2=O. The van der Waals surface area contributed by atoms with E-state index in [1.165, 1.54) is 13.2 Å². The van der Waals surface area contributed by atoms with Gasteiger partial charge in [-0.3, -0.25) is 9.59 Å². The molecule has 0 aliphatic heterocycles. The van der Waals surface area contributed by atoms with Crippen LogP contribution in [0.2, 0.25) is 0 Å². The summed E-state index contributed by atoms with van der Waals surface area (Å²) in [5.74, 6) is -0.575. The van der Waals surface area contributed by atoms with Crippen LogP contribution >= 0.6 is 0 Å². The molecule has 1 aliphatic carbocycles. The monoisotopic (exact) mass is 326 g/mol. The highest BCUT2D eigenvalue weighted by atomic mass is 16.5. The van der Waals surface area contributed by atoms with E-state index in [2.05, 4.69) is 0 Å². The highest BCUT2D eigenvalue weighted by molar-refractivity contribution is 6.30. The van der Waals surface area contributed by atoms with Gasteiger partial charge >= 0.3 is 0 Å². The molecule has 2 aromatic rings. The number of methoxy groups -OCH3 is 1. The fraction of sp³-hybridized carbons (Fsp3) is 0.263. The molecule has 0 fully saturated rings. The highest BCUT2D eigenvalue weighted by Gasteiger charge is 2.35. The van der Waals surface area contributed by atoms with Crippen molar-refractivity contribution >= 4 is 11.6 Å². The molecule has 124 valence electrons.